The van der Waals surface area contributed by atoms with Gasteiger partial charge in [-0.05, 0) is 36.6 Å². The van der Waals surface area contributed by atoms with Gasteiger partial charge >= 0.3 is 0 Å². The molecule has 3 aromatic rings. The van der Waals surface area contributed by atoms with Crippen LogP contribution in [0, 0.1) is 0 Å². The van der Waals surface area contributed by atoms with Crippen molar-refractivity contribution >= 4 is 39.9 Å². The number of halogens is 1. The monoisotopic (exact) mass is 411 g/mol. The van der Waals surface area contributed by atoms with Crippen molar-refractivity contribution in [3.63, 3.8) is 0 Å². The van der Waals surface area contributed by atoms with E-state index in [1.807, 2.05) is 36.4 Å². The van der Waals surface area contributed by atoms with Crippen LogP contribution in [0.1, 0.15) is 38.8 Å². The normalized spacial score (nSPS) is 15.1. The zero-order valence-corrected chi connectivity index (χ0v) is 16.5. The molecule has 142 valence electrons. The number of carbonyl (C=O) groups is 2. The Hall–Kier alpha value is -2.70. The minimum atomic E-state index is -0.295. The maximum absolute atomic E-state index is 12.7. The summed E-state index contributed by atoms with van der Waals surface area (Å²) in [7, 11) is 0. The van der Waals surface area contributed by atoms with Gasteiger partial charge in [-0.15, -0.1) is 11.3 Å². The molecule has 1 heterocycles. The van der Waals surface area contributed by atoms with E-state index in [4.69, 9.17) is 11.6 Å². The van der Waals surface area contributed by atoms with Crippen molar-refractivity contribution in [2.75, 3.05) is 5.32 Å². The van der Waals surface area contributed by atoms with Crippen LogP contribution in [-0.2, 0) is 17.8 Å². The van der Waals surface area contributed by atoms with Gasteiger partial charge in [0.2, 0.25) is 5.91 Å². The number of nitrogens with zero attached hydrogens (tertiary/aromatic N) is 1. The molecule has 0 saturated carbocycles. The number of benzene rings is 2. The molecule has 1 aliphatic rings. The van der Waals surface area contributed by atoms with Gasteiger partial charge in [0.25, 0.3) is 5.91 Å². The number of anilines is 1. The molecular formula is C21H18ClN3O2S. The van der Waals surface area contributed by atoms with Gasteiger partial charge in [-0.2, -0.15) is 0 Å². The molecule has 1 aliphatic carbocycles. The summed E-state index contributed by atoms with van der Waals surface area (Å²) in [6.45, 7) is 0.381. The van der Waals surface area contributed by atoms with Crippen molar-refractivity contribution in [2.45, 2.75) is 25.3 Å². The molecule has 2 amide bonds. The average molecular weight is 412 g/mol. The topological polar surface area (TPSA) is 71.1 Å². The Morgan fingerprint density at radius 1 is 1.11 bits per heavy atom. The zero-order valence-electron chi connectivity index (χ0n) is 14.9. The molecular weight excluding hydrogens is 394 g/mol. The van der Waals surface area contributed by atoms with Crippen LogP contribution in [0.15, 0.2) is 54.6 Å². The third-order valence-corrected chi connectivity index (χ3v) is 6.12. The van der Waals surface area contributed by atoms with Gasteiger partial charge in [-0.3, -0.25) is 14.9 Å². The van der Waals surface area contributed by atoms with Crippen LogP contribution in [0.5, 0.6) is 0 Å². The first-order valence-corrected chi connectivity index (χ1v) is 10.2. The lowest BCUT2D eigenvalue weighted by Crippen LogP contribution is -2.28. The molecule has 2 aromatic carbocycles. The van der Waals surface area contributed by atoms with Gasteiger partial charge in [-0.25, -0.2) is 4.98 Å². The lowest BCUT2D eigenvalue weighted by Gasteiger charge is -2.11. The molecule has 7 heteroatoms. The first-order chi connectivity index (χ1) is 13.6. The molecule has 1 aromatic heterocycles. The average Bonchev–Trinajstić information content (AvgIpc) is 3.28. The van der Waals surface area contributed by atoms with E-state index in [1.54, 1.807) is 18.2 Å². The van der Waals surface area contributed by atoms with E-state index < -0.39 is 0 Å². The minimum Gasteiger partial charge on any atom is -0.351 e. The molecule has 28 heavy (non-hydrogen) atoms. The lowest BCUT2D eigenvalue weighted by atomic mass is 10.1. The summed E-state index contributed by atoms with van der Waals surface area (Å²) < 4.78 is 0. The van der Waals surface area contributed by atoms with Crippen molar-refractivity contribution in [1.82, 2.24) is 10.3 Å². The number of hydrogen-bond donors (Lipinski definition) is 2. The first kappa shape index (κ1) is 18.7. The van der Waals surface area contributed by atoms with Gasteiger partial charge in [0, 0.05) is 22.0 Å². The Morgan fingerprint density at radius 2 is 1.86 bits per heavy atom. The Morgan fingerprint density at radius 3 is 2.64 bits per heavy atom. The molecule has 0 bridgehead atoms. The fraction of sp³-hybridized carbons (Fsp3) is 0.190. The van der Waals surface area contributed by atoms with Gasteiger partial charge in [0.15, 0.2) is 5.13 Å². The minimum absolute atomic E-state index is 0.0649. The van der Waals surface area contributed by atoms with E-state index in [1.165, 1.54) is 11.3 Å². The summed E-state index contributed by atoms with van der Waals surface area (Å²) in [5, 5.41) is 6.95. The molecule has 4 rings (SSSR count). The Kier molecular flexibility index (Phi) is 5.41. The molecule has 1 atom stereocenters. The predicted molar refractivity (Wildman–Crippen MR) is 111 cm³/mol. The predicted octanol–water partition coefficient (Wildman–Crippen LogP) is 4.40. The summed E-state index contributed by atoms with van der Waals surface area (Å²) in [5.74, 6) is -0.561. The van der Waals surface area contributed by atoms with Gasteiger partial charge in [0.05, 0.1) is 11.6 Å². The standard InChI is InChI=1S/C21H18ClN3O2S/c22-16-9-5-4-8-14(16)12-23-20(27)15-10-11-17-18(15)24-21(28-17)25-19(26)13-6-2-1-3-7-13/h1-9,15H,10-12H2,(H,23,27)(H,24,25,26). The van der Waals surface area contributed by atoms with Crippen molar-refractivity contribution in [1.29, 1.82) is 0 Å². The first-order valence-electron chi connectivity index (χ1n) is 8.99. The maximum Gasteiger partial charge on any atom is 0.257 e. The number of aryl methyl sites for hydroxylation is 1. The molecule has 0 fully saturated rings. The van der Waals surface area contributed by atoms with Crippen LogP contribution in [0.4, 0.5) is 5.13 Å². The van der Waals surface area contributed by atoms with Crippen LogP contribution in [0.2, 0.25) is 5.02 Å². The maximum atomic E-state index is 12.7. The number of nitrogens with one attached hydrogen (secondary N) is 2. The third-order valence-electron chi connectivity index (χ3n) is 4.70. The quantitative estimate of drug-likeness (QED) is 0.653. The zero-order chi connectivity index (χ0) is 19.5. The highest BCUT2D eigenvalue weighted by molar-refractivity contribution is 7.16. The number of aromatic nitrogens is 1. The third kappa shape index (κ3) is 3.93. The highest BCUT2D eigenvalue weighted by Gasteiger charge is 2.32. The van der Waals surface area contributed by atoms with Crippen molar-refractivity contribution in [3.8, 4) is 0 Å². The van der Waals surface area contributed by atoms with E-state index in [-0.39, 0.29) is 17.7 Å². The molecule has 0 saturated heterocycles. The molecule has 0 spiro atoms. The summed E-state index contributed by atoms with van der Waals surface area (Å²) in [6, 6.07) is 16.4. The number of fused-ring (bicyclic) bond motifs is 1. The van der Waals surface area contributed by atoms with Crippen molar-refractivity contribution in [3.05, 3.63) is 81.3 Å². The van der Waals surface area contributed by atoms with Gasteiger partial charge < -0.3 is 5.32 Å². The van der Waals surface area contributed by atoms with Gasteiger partial charge in [0.1, 0.15) is 0 Å². The molecule has 0 radical (unpaired) electrons. The molecule has 1 unspecified atom stereocenters. The summed E-state index contributed by atoms with van der Waals surface area (Å²) in [5.41, 5.74) is 2.22. The second-order valence-electron chi connectivity index (χ2n) is 6.55. The van der Waals surface area contributed by atoms with E-state index in [2.05, 4.69) is 15.6 Å². The van der Waals surface area contributed by atoms with E-state index in [9.17, 15) is 9.59 Å². The Bertz CT molecular complexity index is 1020. The van der Waals surface area contributed by atoms with E-state index in [0.29, 0.717) is 22.3 Å². The highest BCUT2D eigenvalue weighted by atomic mass is 35.5. The van der Waals surface area contributed by atoms with Crippen LogP contribution in [0.3, 0.4) is 0 Å². The van der Waals surface area contributed by atoms with Crippen LogP contribution >= 0.6 is 22.9 Å². The molecule has 2 N–H and O–H groups in total. The Labute approximate surface area is 171 Å². The van der Waals surface area contributed by atoms with Crippen LogP contribution in [-0.4, -0.2) is 16.8 Å². The number of hydrogen-bond acceptors (Lipinski definition) is 4. The largest absolute Gasteiger partial charge is 0.351 e. The molecule has 5 nitrogen and oxygen atoms in total. The second kappa shape index (κ2) is 8.12. The van der Waals surface area contributed by atoms with Crippen LogP contribution in [0.25, 0.3) is 0 Å². The van der Waals surface area contributed by atoms with Crippen LogP contribution < -0.4 is 10.6 Å². The van der Waals surface area contributed by atoms with Gasteiger partial charge in [-0.1, -0.05) is 48.0 Å². The fourth-order valence-electron chi connectivity index (χ4n) is 3.24. The summed E-state index contributed by atoms with van der Waals surface area (Å²) in [6.07, 6.45) is 1.52. The number of amides is 2. The smallest absolute Gasteiger partial charge is 0.257 e. The fourth-order valence-corrected chi connectivity index (χ4v) is 4.48. The number of rotatable bonds is 5. The van der Waals surface area contributed by atoms with Crippen molar-refractivity contribution < 1.29 is 9.59 Å². The number of carbonyl (C=O) groups excluding carboxylic acids is 2. The SMILES string of the molecule is O=C(Nc1nc2c(s1)CCC2C(=O)NCc1ccccc1Cl)c1ccccc1. The summed E-state index contributed by atoms with van der Waals surface area (Å²) in [4.78, 5) is 30.6. The van der Waals surface area contributed by atoms with Crippen molar-refractivity contribution in [2.24, 2.45) is 0 Å². The van der Waals surface area contributed by atoms with E-state index in [0.717, 1.165) is 29.0 Å². The lowest BCUT2D eigenvalue weighted by molar-refractivity contribution is -0.122. The summed E-state index contributed by atoms with van der Waals surface area (Å²) >= 11 is 7.59. The molecule has 0 aliphatic heterocycles. The number of thiazole rings is 1. The van der Waals surface area contributed by atoms with E-state index >= 15 is 0 Å². The Balaban J connectivity index is 1.42. The second-order valence-corrected chi connectivity index (χ2v) is 8.04. The highest BCUT2D eigenvalue weighted by Crippen LogP contribution is 2.38.